The van der Waals surface area contributed by atoms with E-state index in [0.717, 1.165) is 23.6 Å². The lowest BCUT2D eigenvalue weighted by atomic mass is 9.99. The Morgan fingerprint density at radius 1 is 1.12 bits per heavy atom. The first-order valence-corrected chi connectivity index (χ1v) is 14.8. The van der Waals surface area contributed by atoms with Crippen molar-refractivity contribution >= 4 is 50.1 Å². The van der Waals surface area contributed by atoms with E-state index in [9.17, 15) is 22.4 Å². The molecule has 0 radical (unpaired) electrons. The van der Waals surface area contributed by atoms with Crippen LogP contribution in [0, 0.1) is 5.82 Å². The highest BCUT2D eigenvalue weighted by atomic mass is 35.5. The average molecular weight is 599 g/mol. The van der Waals surface area contributed by atoms with E-state index in [1.807, 2.05) is 28.7 Å². The van der Waals surface area contributed by atoms with Gasteiger partial charge < -0.3 is 10.2 Å². The van der Waals surface area contributed by atoms with Gasteiger partial charge in [-0.05, 0) is 54.3 Å². The Bertz CT molecular complexity index is 1880. The van der Waals surface area contributed by atoms with E-state index in [-0.39, 0.29) is 22.2 Å². The van der Waals surface area contributed by atoms with Crippen molar-refractivity contribution in [2.75, 3.05) is 10.2 Å². The Morgan fingerprint density at radius 3 is 2.56 bits per heavy atom. The van der Waals surface area contributed by atoms with Crippen LogP contribution < -0.4 is 20.5 Å². The highest BCUT2D eigenvalue weighted by molar-refractivity contribution is 7.90. The van der Waals surface area contributed by atoms with Crippen LogP contribution in [-0.4, -0.2) is 28.9 Å². The Hall–Kier alpha value is -4.03. The summed E-state index contributed by atoms with van der Waals surface area (Å²) in [5.74, 6) is -0.661. The Morgan fingerprint density at radius 2 is 1.85 bits per heavy atom. The van der Waals surface area contributed by atoms with Crippen molar-refractivity contribution in [2.45, 2.75) is 51.3 Å². The smallest absolute Gasteiger partial charge is 0.283 e. The highest BCUT2D eigenvalue weighted by Crippen LogP contribution is 2.32. The van der Waals surface area contributed by atoms with Crippen molar-refractivity contribution in [2.24, 2.45) is 7.05 Å². The van der Waals surface area contributed by atoms with Crippen LogP contribution in [0.25, 0.3) is 10.9 Å². The minimum absolute atomic E-state index is 0.0637. The minimum Gasteiger partial charge on any atom is -0.376 e. The van der Waals surface area contributed by atoms with E-state index in [4.69, 9.17) is 16.6 Å². The molecule has 0 bridgehead atoms. The fraction of sp³-hybridized carbons (Fsp3) is 0.286. The molecule has 0 saturated carbocycles. The molecule has 214 valence electrons. The zero-order chi connectivity index (χ0) is 29.6. The number of sulfonamides is 1. The summed E-state index contributed by atoms with van der Waals surface area (Å²) >= 11 is 5.99. The van der Waals surface area contributed by atoms with Crippen LogP contribution in [0.15, 0.2) is 52.3 Å². The van der Waals surface area contributed by atoms with E-state index < -0.39 is 27.0 Å². The van der Waals surface area contributed by atoms with Gasteiger partial charge in [0.2, 0.25) is 16.9 Å². The maximum Gasteiger partial charge on any atom is 0.283 e. The first kappa shape index (κ1) is 28.5. The van der Waals surface area contributed by atoms with Crippen LogP contribution in [0.2, 0.25) is 5.15 Å². The lowest BCUT2D eigenvalue weighted by molar-refractivity contribution is -0.117. The number of aromatic nitrogens is 3. The molecule has 3 heterocycles. The van der Waals surface area contributed by atoms with Crippen molar-refractivity contribution in [1.82, 2.24) is 19.3 Å². The number of benzene rings is 2. The molecular formula is C28H28ClFN6O4S. The Balaban J connectivity index is 1.61. The van der Waals surface area contributed by atoms with Crippen molar-refractivity contribution in [3.05, 3.63) is 86.0 Å². The lowest BCUT2D eigenvalue weighted by Gasteiger charge is -2.23. The van der Waals surface area contributed by atoms with E-state index in [0.29, 0.717) is 41.9 Å². The molecule has 13 heteroatoms. The number of aryl methyl sites for hydroxylation is 1. The number of hydrogen-bond acceptors (Lipinski definition) is 8. The summed E-state index contributed by atoms with van der Waals surface area (Å²) < 4.78 is 43.0. The fourth-order valence-corrected chi connectivity index (χ4v) is 6.46. The minimum atomic E-state index is -4.31. The molecule has 2 N–H and O–H groups in total. The van der Waals surface area contributed by atoms with Gasteiger partial charge >= 0.3 is 0 Å². The van der Waals surface area contributed by atoms with E-state index in [2.05, 4.69) is 10.3 Å². The summed E-state index contributed by atoms with van der Waals surface area (Å²) in [6.07, 6.45) is 0.601. The second-order valence-corrected chi connectivity index (χ2v) is 11.9. The van der Waals surface area contributed by atoms with Gasteiger partial charge in [-0.15, -0.1) is 0 Å². The monoisotopic (exact) mass is 598 g/mol. The molecule has 1 atom stereocenters. The third kappa shape index (κ3) is 5.36. The third-order valence-electron chi connectivity index (χ3n) is 7.08. The van der Waals surface area contributed by atoms with Gasteiger partial charge in [-0.2, -0.15) is 8.42 Å². The number of amides is 1. The Kier molecular flexibility index (Phi) is 7.47. The number of pyridine rings is 1. The van der Waals surface area contributed by atoms with E-state index in [1.165, 1.54) is 28.8 Å². The zero-order valence-electron chi connectivity index (χ0n) is 22.8. The van der Waals surface area contributed by atoms with Crippen LogP contribution in [-0.2, 0) is 41.4 Å². The standard InChI is InChI=1S/C28H28ClFN6O4S/c1-5-17-7-9-21(15(2)31-22-10-11-23(29)32-26(22)41(39,40)34-16(3)37)25-24(17)27(38)35(4)28(33-25)36-13-18-6-8-20(30)12-19(18)14-36/h6-12,15,31H,5,13-14H2,1-4H3,(H,34,37)/t15-/m1/s1. The fourth-order valence-electron chi connectivity index (χ4n) is 5.15. The molecule has 1 aliphatic rings. The molecule has 1 aliphatic heterocycles. The molecule has 41 heavy (non-hydrogen) atoms. The van der Waals surface area contributed by atoms with Gasteiger partial charge in [0.05, 0.1) is 22.6 Å². The number of fused-ring (bicyclic) bond motifs is 2. The normalized spacial score (nSPS) is 13.8. The van der Waals surface area contributed by atoms with Gasteiger partial charge in [-0.1, -0.05) is 36.7 Å². The predicted molar refractivity (Wildman–Crippen MR) is 155 cm³/mol. The van der Waals surface area contributed by atoms with Gasteiger partial charge in [0.15, 0.2) is 0 Å². The maximum absolute atomic E-state index is 13.9. The van der Waals surface area contributed by atoms with Gasteiger partial charge in [0.1, 0.15) is 11.0 Å². The molecule has 10 nitrogen and oxygen atoms in total. The number of hydrogen-bond donors (Lipinski definition) is 2. The topological polar surface area (TPSA) is 126 Å². The molecule has 1 amide bonds. The number of nitrogens with one attached hydrogen (secondary N) is 2. The summed E-state index contributed by atoms with van der Waals surface area (Å²) in [5, 5.41) is 3.12. The molecule has 5 rings (SSSR count). The average Bonchev–Trinajstić information content (AvgIpc) is 3.33. The molecule has 0 unspecified atom stereocenters. The van der Waals surface area contributed by atoms with E-state index >= 15 is 0 Å². The molecular weight excluding hydrogens is 571 g/mol. The summed E-state index contributed by atoms with van der Waals surface area (Å²) in [4.78, 5) is 36.1. The van der Waals surface area contributed by atoms with Gasteiger partial charge in [-0.3, -0.25) is 14.2 Å². The van der Waals surface area contributed by atoms with Gasteiger partial charge in [0.25, 0.3) is 15.6 Å². The molecule has 0 saturated heterocycles. The number of nitrogens with zero attached hydrogens (tertiary/aromatic N) is 4. The molecule has 0 fully saturated rings. The number of anilines is 2. The number of carbonyl (C=O) groups is 1. The Labute approximate surface area is 241 Å². The van der Waals surface area contributed by atoms with Gasteiger partial charge in [0, 0.05) is 32.6 Å². The SMILES string of the molecule is CCc1ccc([C@@H](C)Nc2ccc(Cl)nc2S(=O)(=O)NC(C)=O)c2nc(N3Cc4ccc(F)cc4C3)n(C)c(=O)c12. The first-order chi connectivity index (χ1) is 19.4. The predicted octanol–water partition coefficient (Wildman–Crippen LogP) is 4.20. The number of carbonyl (C=O) groups excluding carboxylic acids is 1. The summed E-state index contributed by atoms with van der Waals surface area (Å²) in [6, 6.07) is 10.7. The first-order valence-electron chi connectivity index (χ1n) is 12.9. The summed E-state index contributed by atoms with van der Waals surface area (Å²) in [6.45, 7) is 5.71. The van der Waals surface area contributed by atoms with Crippen molar-refractivity contribution in [3.8, 4) is 0 Å². The zero-order valence-corrected chi connectivity index (χ0v) is 24.4. The second-order valence-electron chi connectivity index (χ2n) is 9.95. The third-order valence-corrected chi connectivity index (χ3v) is 8.66. The highest BCUT2D eigenvalue weighted by Gasteiger charge is 2.27. The molecule has 4 aromatic rings. The molecule has 2 aromatic heterocycles. The lowest BCUT2D eigenvalue weighted by Crippen LogP contribution is -2.30. The van der Waals surface area contributed by atoms with Crippen LogP contribution in [0.5, 0.6) is 0 Å². The van der Waals surface area contributed by atoms with Crippen LogP contribution in [0.1, 0.15) is 49.1 Å². The molecule has 0 aliphatic carbocycles. The van der Waals surface area contributed by atoms with Crippen molar-refractivity contribution < 1.29 is 17.6 Å². The summed E-state index contributed by atoms with van der Waals surface area (Å²) in [7, 11) is -2.65. The van der Waals surface area contributed by atoms with Gasteiger partial charge in [-0.25, -0.2) is 19.1 Å². The van der Waals surface area contributed by atoms with Crippen LogP contribution in [0.4, 0.5) is 16.0 Å². The van der Waals surface area contributed by atoms with Crippen molar-refractivity contribution in [1.29, 1.82) is 0 Å². The molecule has 0 spiro atoms. The maximum atomic E-state index is 13.9. The largest absolute Gasteiger partial charge is 0.376 e. The van der Waals surface area contributed by atoms with Crippen molar-refractivity contribution in [3.63, 3.8) is 0 Å². The quantitative estimate of drug-likeness (QED) is 0.303. The second kappa shape index (κ2) is 10.7. The molecule has 2 aromatic carbocycles. The van der Waals surface area contributed by atoms with Crippen LogP contribution in [0.3, 0.4) is 0 Å². The number of rotatable bonds is 7. The summed E-state index contributed by atoms with van der Waals surface area (Å²) in [5.41, 5.74) is 3.63. The van der Waals surface area contributed by atoms with E-state index in [1.54, 1.807) is 20.0 Å². The number of halogens is 2. The van der Waals surface area contributed by atoms with Crippen LogP contribution >= 0.6 is 11.6 Å².